The highest BCUT2D eigenvalue weighted by molar-refractivity contribution is 5.91. The highest BCUT2D eigenvalue weighted by Crippen LogP contribution is 2.43. The van der Waals surface area contributed by atoms with Crippen LogP contribution in [0.3, 0.4) is 0 Å². The van der Waals surface area contributed by atoms with Crippen LogP contribution in [0.2, 0.25) is 0 Å². The van der Waals surface area contributed by atoms with Gasteiger partial charge in [0.1, 0.15) is 35.8 Å². The van der Waals surface area contributed by atoms with Crippen LogP contribution in [0.4, 0.5) is 5.82 Å². The van der Waals surface area contributed by atoms with Crippen LogP contribution in [-0.2, 0) is 4.74 Å². The number of nitrogens with one attached hydrogen (secondary N) is 2. The first-order chi connectivity index (χ1) is 10.9. The van der Waals surface area contributed by atoms with Crippen LogP contribution in [0.5, 0.6) is 0 Å². The van der Waals surface area contributed by atoms with Gasteiger partial charge in [0, 0.05) is 0 Å². The van der Waals surface area contributed by atoms with Gasteiger partial charge in [-0.2, -0.15) is 4.98 Å². The molecule has 1 saturated heterocycles. The molecule has 122 valence electrons. The van der Waals surface area contributed by atoms with E-state index in [2.05, 4.69) is 20.4 Å². The summed E-state index contributed by atoms with van der Waals surface area (Å²) in [6, 6.07) is 1.62. The van der Waals surface area contributed by atoms with Crippen LogP contribution in [0, 0.1) is 0 Å². The van der Waals surface area contributed by atoms with E-state index < -0.39 is 36.2 Å². The molecule has 4 rings (SSSR count). The maximum Gasteiger partial charge on any atom is 0.347 e. The van der Waals surface area contributed by atoms with Gasteiger partial charge in [0.25, 0.3) is 0 Å². The molecule has 2 aliphatic heterocycles. The van der Waals surface area contributed by atoms with Crippen LogP contribution < -0.4 is 11.1 Å². The molecule has 2 aromatic heterocycles. The van der Waals surface area contributed by atoms with E-state index in [0.717, 1.165) is 0 Å². The number of aliphatic hydroxyl groups is 3. The largest absolute Gasteiger partial charge is 0.394 e. The van der Waals surface area contributed by atoms with Crippen molar-refractivity contribution in [3.8, 4) is 0 Å². The number of hydrogen-bond acceptors (Lipinski definition) is 8. The number of aliphatic hydroxyl groups excluding tert-OH is 2. The first-order valence-corrected chi connectivity index (χ1v) is 7.05. The Morgan fingerprint density at radius 3 is 3.00 bits per heavy atom. The van der Waals surface area contributed by atoms with Gasteiger partial charge in [-0.15, -0.1) is 0 Å². The zero-order chi connectivity index (χ0) is 16.4. The number of hydrogen-bond donors (Lipinski definition) is 5. The molecule has 0 radical (unpaired) electrons. The average Bonchev–Trinajstić information content (AvgIpc) is 2.97. The van der Waals surface area contributed by atoms with Crippen molar-refractivity contribution in [1.82, 2.24) is 14.6 Å². The van der Waals surface area contributed by atoms with Gasteiger partial charge in [-0.3, -0.25) is 10.1 Å². The fraction of sp³-hybridized carbons (Fsp3) is 0.462. The molecule has 5 N–H and O–H groups in total. The predicted molar refractivity (Wildman–Crippen MR) is 79.2 cm³/mol. The molecule has 10 nitrogen and oxygen atoms in total. The van der Waals surface area contributed by atoms with Gasteiger partial charge in [0.2, 0.25) is 0 Å². The normalized spacial score (nSPS) is 32.4. The minimum absolute atomic E-state index is 0.241. The van der Waals surface area contributed by atoms with Crippen LogP contribution in [0.1, 0.15) is 18.7 Å². The number of nitrogens with zero attached hydrogens (tertiary/aromatic N) is 3. The van der Waals surface area contributed by atoms with Crippen molar-refractivity contribution in [2.45, 2.75) is 30.8 Å². The summed E-state index contributed by atoms with van der Waals surface area (Å²) in [5, 5.41) is 30.0. The van der Waals surface area contributed by atoms with E-state index in [1.54, 1.807) is 10.7 Å². The van der Waals surface area contributed by atoms with Gasteiger partial charge >= 0.3 is 5.69 Å². The standard InChI is InChI=1S/C13H15N5O5/c1-13(22)9(20)7(3-19)23-10(13)6-2-5-8-11(17-12(21)16-5)14-4-15-18(6)8/h2,4,7,9-10,19-20,22H,3H2,1H3,(H2,14,15,16,17,21)/t7-,9-,10+,13-/m1/s1. The summed E-state index contributed by atoms with van der Waals surface area (Å²) in [5.74, 6) is 0.241. The summed E-state index contributed by atoms with van der Waals surface area (Å²) >= 11 is 0. The van der Waals surface area contributed by atoms with Gasteiger partial charge in [0.05, 0.1) is 17.8 Å². The molecule has 0 unspecified atom stereocenters. The maximum absolute atomic E-state index is 11.6. The van der Waals surface area contributed by atoms with Crippen molar-refractivity contribution in [1.29, 1.82) is 0 Å². The van der Waals surface area contributed by atoms with Crippen LogP contribution >= 0.6 is 0 Å². The van der Waals surface area contributed by atoms with Crippen molar-refractivity contribution in [3.63, 3.8) is 0 Å². The van der Waals surface area contributed by atoms with Gasteiger partial charge < -0.3 is 25.0 Å². The lowest BCUT2D eigenvalue weighted by atomic mass is 9.91. The molecule has 0 spiro atoms. The molecule has 2 aromatic rings. The monoisotopic (exact) mass is 321 g/mol. The Balaban J connectivity index is 1.91. The third-order valence-corrected chi connectivity index (χ3v) is 4.30. The molecule has 0 saturated carbocycles. The minimum atomic E-state index is -1.62. The Bertz CT molecular complexity index is 869. The Labute approximate surface area is 129 Å². The van der Waals surface area contributed by atoms with Crippen molar-refractivity contribution >= 4 is 23.2 Å². The van der Waals surface area contributed by atoms with Gasteiger partial charge in [-0.25, -0.2) is 9.79 Å². The zero-order valence-electron chi connectivity index (χ0n) is 12.1. The van der Waals surface area contributed by atoms with Crippen molar-refractivity contribution < 1.29 is 20.1 Å². The Kier molecular flexibility index (Phi) is 2.87. The highest BCUT2D eigenvalue weighted by Gasteiger charge is 2.53. The molecule has 0 amide bonds. The second-order valence-electron chi connectivity index (χ2n) is 5.83. The molecule has 1 fully saturated rings. The number of aliphatic imine (C=N–C) groups is 1. The third-order valence-electron chi connectivity index (χ3n) is 4.30. The number of rotatable bonds is 2. The molecule has 10 heteroatoms. The fourth-order valence-electron chi connectivity index (χ4n) is 3.14. The van der Waals surface area contributed by atoms with E-state index >= 15 is 0 Å². The summed E-state index contributed by atoms with van der Waals surface area (Å²) in [6.45, 7) is 1.01. The average molecular weight is 321 g/mol. The highest BCUT2D eigenvalue weighted by atomic mass is 16.6. The molecule has 0 aliphatic carbocycles. The third kappa shape index (κ3) is 1.86. The van der Waals surface area contributed by atoms with Gasteiger partial charge in [0.15, 0.2) is 5.82 Å². The molecule has 4 atom stereocenters. The first-order valence-electron chi connectivity index (χ1n) is 7.05. The molecule has 0 aromatic carbocycles. The molecule has 0 bridgehead atoms. The second kappa shape index (κ2) is 4.61. The van der Waals surface area contributed by atoms with E-state index in [9.17, 15) is 20.1 Å². The lowest BCUT2D eigenvalue weighted by Crippen LogP contribution is -2.43. The van der Waals surface area contributed by atoms with Crippen molar-refractivity contribution in [2.75, 3.05) is 12.0 Å². The fourth-order valence-corrected chi connectivity index (χ4v) is 3.14. The van der Waals surface area contributed by atoms with Crippen molar-refractivity contribution in [2.24, 2.45) is 4.99 Å². The molecular formula is C13H15N5O5. The molecule has 4 heterocycles. The van der Waals surface area contributed by atoms with Crippen LogP contribution in [0.25, 0.3) is 11.0 Å². The quantitative estimate of drug-likeness (QED) is 0.452. The Hall–Kier alpha value is -2.27. The van der Waals surface area contributed by atoms with Crippen LogP contribution in [-0.4, -0.2) is 60.7 Å². The zero-order valence-corrected chi connectivity index (χ0v) is 12.1. The van der Waals surface area contributed by atoms with E-state index in [0.29, 0.717) is 16.7 Å². The Morgan fingerprint density at radius 2 is 2.30 bits per heavy atom. The summed E-state index contributed by atoms with van der Waals surface area (Å²) in [4.78, 5) is 22.0. The number of H-pyrrole nitrogens is 1. The van der Waals surface area contributed by atoms with Gasteiger partial charge in [-0.1, -0.05) is 0 Å². The summed E-state index contributed by atoms with van der Waals surface area (Å²) in [5.41, 5.74) is 2.20. The first kappa shape index (κ1) is 14.3. The number of aromatic nitrogens is 3. The summed E-state index contributed by atoms with van der Waals surface area (Å²) in [7, 11) is 0. The summed E-state index contributed by atoms with van der Waals surface area (Å²) in [6.07, 6.45) is -1.72. The van der Waals surface area contributed by atoms with Crippen molar-refractivity contribution in [3.05, 3.63) is 22.2 Å². The van der Waals surface area contributed by atoms with Gasteiger partial charge in [-0.05, 0) is 13.0 Å². The van der Waals surface area contributed by atoms with Crippen LogP contribution in [0.15, 0.2) is 15.9 Å². The second-order valence-corrected chi connectivity index (χ2v) is 5.83. The lowest BCUT2D eigenvalue weighted by Gasteiger charge is -2.27. The molecular weight excluding hydrogens is 306 g/mol. The number of ether oxygens (including phenoxy) is 1. The Morgan fingerprint density at radius 1 is 1.52 bits per heavy atom. The van der Waals surface area contributed by atoms with E-state index in [4.69, 9.17) is 4.74 Å². The molecule has 23 heavy (non-hydrogen) atoms. The minimum Gasteiger partial charge on any atom is -0.394 e. The number of aromatic amines is 1. The van der Waals surface area contributed by atoms with E-state index in [1.165, 1.54) is 13.3 Å². The lowest BCUT2D eigenvalue weighted by molar-refractivity contribution is -0.0665. The topological polar surface area (TPSA) is 145 Å². The smallest absolute Gasteiger partial charge is 0.347 e. The van der Waals surface area contributed by atoms with E-state index in [1.807, 2.05) is 0 Å². The maximum atomic E-state index is 11.6. The molecule has 2 aliphatic rings. The predicted octanol–water partition coefficient (Wildman–Crippen LogP) is -1.51. The van der Waals surface area contributed by atoms with E-state index in [-0.39, 0.29) is 5.82 Å². The SMILES string of the molecule is C[C@@]1(O)[C@H](O)[C@@H](CO)O[C@H]1c1cc2[nH]c(=O)nc3c2n1NC=N3. The summed E-state index contributed by atoms with van der Waals surface area (Å²) < 4.78 is 7.20.